The zero-order valence-corrected chi connectivity index (χ0v) is 18.2. The first-order chi connectivity index (χ1) is 13.2. The number of aliphatic hydroxyl groups is 1. The summed E-state index contributed by atoms with van der Waals surface area (Å²) in [5.74, 6) is -0.286. The molecule has 0 aliphatic carbocycles. The first kappa shape index (κ1) is 26.2. The number of hydrogen-bond acceptors (Lipinski definition) is 3. The van der Waals surface area contributed by atoms with E-state index in [2.05, 4.69) is 19.1 Å². The van der Waals surface area contributed by atoms with Gasteiger partial charge in [0.15, 0.2) is 6.29 Å². The monoisotopic (exact) mass is 382 g/mol. The molecule has 0 rings (SSSR count). The maximum atomic E-state index is 11.2. The number of rotatable bonds is 20. The standard InChI is InChI=1S/C24H46O3/c1-3-4-5-6-7-8-9-10-11-12-13-14-15-16-17-18-19-20-21-22-24(26)27-23(2)25/h10-11,23,25H,3-9,12-22H2,1-2H3. The van der Waals surface area contributed by atoms with Gasteiger partial charge in [0.25, 0.3) is 0 Å². The van der Waals surface area contributed by atoms with Crippen LogP contribution in [0, 0.1) is 0 Å². The van der Waals surface area contributed by atoms with Crippen molar-refractivity contribution in [3.63, 3.8) is 0 Å². The molecule has 0 heterocycles. The Bertz CT molecular complexity index is 337. The second-order valence-corrected chi connectivity index (χ2v) is 7.84. The van der Waals surface area contributed by atoms with Crippen LogP contribution in [0.15, 0.2) is 12.2 Å². The molecule has 1 unspecified atom stereocenters. The molecule has 0 radical (unpaired) electrons. The number of aliphatic hydroxyl groups excluding tert-OH is 1. The highest BCUT2D eigenvalue weighted by Gasteiger charge is 2.05. The normalized spacial score (nSPS) is 12.6. The SMILES string of the molecule is CCCCCCCCC=CCCCCCCCCCCCC(=O)OC(C)O. The predicted octanol–water partition coefficient (Wildman–Crippen LogP) is 7.47. The summed E-state index contributed by atoms with van der Waals surface area (Å²) in [6.45, 7) is 3.73. The molecule has 0 aliphatic rings. The van der Waals surface area contributed by atoms with Crippen LogP contribution < -0.4 is 0 Å². The van der Waals surface area contributed by atoms with E-state index < -0.39 is 6.29 Å². The Morgan fingerprint density at radius 1 is 0.741 bits per heavy atom. The second kappa shape index (κ2) is 21.5. The van der Waals surface area contributed by atoms with Crippen LogP contribution in [0.3, 0.4) is 0 Å². The summed E-state index contributed by atoms with van der Waals surface area (Å²) in [7, 11) is 0. The van der Waals surface area contributed by atoms with Crippen LogP contribution in [0.2, 0.25) is 0 Å². The van der Waals surface area contributed by atoms with Crippen LogP contribution in [-0.2, 0) is 9.53 Å². The molecule has 3 heteroatoms. The number of esters is 1. The highest BCUT2D eigenvalue weighted by atomic mass is 16.6. The number of allylic oxidation sites excluding steroid dienone is 2. The Hall–Kier alpha value is -0.830. The maximum Gasteiger partial charge on any atom is 0.308 e. The van der Waals surface area contributed by atoms with E-state index >= 15 is 0 Å². The average molecular weight is 383 g/mol. The minimum absolute atomic E-state index is 0.286. The van der Waals surface area contributed by atoms with Gasteiger partial charge in [0.1, 0.15) is 0 Å². The van der Waals surface area contributed by atoms with Gasteiger partial charge in [-0.1, -0.05) is 96.1 Å². The summed E-state index contributed by atoms with van der Waals surface area (Å²) in [5.41, 5.74) is 0. The third kappa shape index (κ3) is 23.1. The molecule has 0 saturated heterocycles. The molecule has 0 aliphatic heterocycles. The van der Waals surface area contributed by atoms with Crippen LogP contribution in [0.1, 0.15) is 129 Å². The van der Waals surface area contributed by atoms with Crippen molar-refractivity contribution in [3.8, 4) is 0 Å². The van der Waals surface area contributed by atoms with E-state index in [0.29, 0.717) is 6.42 Å². The largest absolute Gasteiger partial charge is 0.436 e. The van der Waals surface area contributed by atoms with Gasteiger partial charge in [-0.3, -0.25) is 4.79 Å². The summed E-state index contributed by atoms with van der Waals surface area (Å²) in [6.07, 6.45) is 26.2. The van der Waals surface area contributed by atoms with E-state index in [0.717, 1.165) is 12.8 Å². The third-order valence-electron chi connectivity index (χ3n) is 4.94. The molecule has 1 atom stereocenters. The fourth-order valence-corrected chi connectivity index (χ4v) is 3.30. The van der Waals surface area contributed by atoms with E-state index in [1.165, 1.54) is 103 Å². The Morgan fingerprint density at radius 3 is 1.59 bits per heavy atom. The highest BCUT2D eigenvalue weighted by molar-refractivity contribution is 5.69. The van der Waals surface area contributed by atoms with Crippen molar-refractivity contribution < 1.29 is 14.6 Å². The molecule has 3 nitrogen and oxygen atoms in total. The van der Waals surface area contributed by atoms with Gasteiger partial charge in [-0.25, -0.2) is 0 Å². The van der Waals surface area contributed by atoms with Gasteiger partial charge in [0.2, 0.25) is 0 Å². The molecular formula is C24H46O3. The molecule has 0 aromatic carbocycles. The fourth-order valence-electron chi connectivity index (χ4n) is 3.30. The molecular weight excluding hydrogens is 336 g/mol. The Labute approximate surface area is 169 Å². The summed E-state index contributed by atoms with van der Waals surface area (Å²) >= 11 is 0. The van der Waals surface area contributed by atoms with Gasteiger partial charge in [0, 0.05) is 6.42 Å². The topological polar surface area (TPSA) is 46.5 Å². The van der Waals surface area contributed by atoms with Crippen molar-refractivity contribution in [1.29, 1.82) is 0 Å². The molecule has 0 spiro atoms. The number of unbranched alkanes of at least 4 members (excludes halogenated alkanes) is 15. The minimum Gasteiger partial charge on any atom is -0.436 e. The van der Waals surface area contributed by atoms with Crippen molar-refractivity contribution >= 4 is 5.97 Å². The molecule has 0 bridgehead atoms. The van der Waals surface area contributed by atoms with E-state index in [1.54, 1.807) is 0 Å². The van der Waals surface area contributed by atoms with Crippen LogP contribution in [-0.4, -0.2) is 17.4 Å². The number of ether oxygens (including phenoxy) is 1. The van der Waals surface area contributed by atoms with Crippen LogP contribution in [0.25, 0.3) is 0 Å². The molecule has 0 aromatic heterocycles. The third-order valence-corrected chi connectivity index (χ3v) is 4.94. The Kier molecular flexibility index (Phi) is 20.8. The minimum atomic E-state index is -0.978. The van der Waals surface area contributed by atoms with Crippen molar-refractivity contribution in [3.05, 3.63) is 12.2 Å². The highest BCUT2D eigenvalue weighted by Crippen LogP contribution is 2.12. The van der Waals surface area contributed by atoms with E-state index in [4.69, 9.17) is 9.84 Å². The number of carbonyl (C=O) groups is 1. The van der Waals surface area contributed by atoms with Crippen LogP contribution in [0.4, 0.5) is 0 Å². The van der Waals surface area contributed by atoms with Crippen molar-refractivity contribution in [2.24, 2.45) is 0 Å². The zero-order valence-electron chi connectivity index (χ0n) is 18.2. The molecule has 0 aromatic rings. The molecule has 0 fully saturated rings. The van der Waals surface area contributed by atoms with E-state index in [9.17, 15) is 4.79 Å². The zero-order chi connectivity index (χ0) is 20.0. The van der Waals surface area contributed by atoms with Crippen LogP contribution in [0.5, 0.6) is 0 Å². The number of hydrogen-bond donors (Lipinski definition) is 1. The summed E-state index contributed by atoms with van der Waals surface area (Å²) in [4.78, 5) is 11.2. The first-order valence-corrected chi connectivity index (χ1v) is 11.7. The predicted molar refractivity (Wildman–Crippen MR) is 116 cm³/mol. The van der Waals surface area contributed by atoms with Gasteiger partial charge < -0.3 is 9.84 Å². The smallest absolute Gasteiger partial charge is 0.308 e. The lowest BCUT2D eigenvalue weighted by molar-refractivity contribution is -0.164. The average Bonchev–Trinajstić information content (AvgIpc) is 2.63. The first-order valence-electron chi connectivity index (χ1n) is 11.7. The second-order valence-electron chi connectivity index (χ2n) is 7.84. The maximum absolute atomic E-state index is 11.2. The lowest BCUT2D eigenvalue weighted by Gasteiger charge is -2.06. The lowest BCUT2D eigenvalue weighted by atomic mass is 10.1. The quantitative estimate of drug-likeness (QED) is 0.103. The molecule has 1 N–H and O–H groups in total. The summed E-state index contributed by atoms with van der Waals surface area (Å²) < 4.78 is 4.70. The van der Waals surface area contributed by atoms with E-state index in [-0.39, 0.29) is 5.97 Å². The van der Waals surface area contributed by atoms with Gasteiger partial charge in [0.05, 0.1) is 0 Å². The van der Waals surface area contributed by atoms with Gasteiger partial charge in [-0.05, 0) is 39.0 Å². The summed E-state index contributed by atoms with van der Waals surface area (Å²) in [6, 6.07) is 0. The molecule has 0 saturated carbocycles. The Balaban J connectivity index is 3.14. The number of carbonyl (C=O) groups excluding carboxylic acids is 1. The van der Waals surface area contributed by atoms with Gasteiger partial charge in [-0.2, -0.15) is 0 Å². The summed E-state index contributed by atoms with van der Waals surface area (Å²) in [5, 5.41) is 8.93. The van der Waals surface area contributed by atoms with Crippen molar-refractivity contribution in [2.45, 2.75) is 136 Å². The lowest BCUT2D eigenvalue weighted by Crippen LogP contribution is -2.13. The van der Waals surface area contributed by atoms with E-state index in [1.807, 2.05) is 0 Å². The van der Waals surface area contributed by atoms with Gasteiger partial charge in [-0.15, -0.1) is 0 Å². The molecule has 0 amide bonds. The van der Waals surface area contributed by atoms with Gasteiger partial charge >= 0.3 is 5.97 Å². The van der Waals surface area contributed by atoms with Crippen molar-refractivity contribution in [2.75, 3.05) is 0 Å². The molecule has 27 heavy (non-hydrogen) atoms. The molecule has 160 valence electrons. The Morgan fingerprint density at radius 2 is 1.15 bits per heavy atom. The van der Waals surface area contributed by atoms with Crippen molar-refractivity contribution in [1.82, 2.24) is 0 Å². The fraction of sp³-hybridized carbons (Fsp3) is 0.875. The van der Waals surface area contributed by atoms with Crippen LogP contribution >= 0.6 is 0 Å².